The average molecular weight is 488 g/mol. The molecule has 7 heteroatoms. The van der Waals surface area contributed by atoms with E-state index in [9.17, 15) is 4.79 Å². The zero-order chi connectivity index (χ0) is 16.2. The zero-order valence-electron chi connectivity index (χ0n) is 12.7. The summed E-state index contributed by atoms with van der Waals surface area (Å²) in [5.74, 6) is 0.162. The van der Waals surface area contributed by atoms with Crippen molar-refractivity contribution >= 4 is 62.1 Å². The molecule has 1 saturated carbocycles. The van der Waals surface area contributed by atoms with Crippen molar-refractivity contribution in [3.05, 3.63) is 44.6 Å². The van der Waals surface area contributed by atoms with Gasteiger partial charge in [0.2, 0.25) is 0 Å². The minimum atomic E-state index is -0.440. The lowest BCUT2D eigenvalue weighted by atomic mass is 9.80. The molecule has 1 aliphatic rings. The molecular formula is C16H19Br2Cl2NO2. The monoisotopic (exact) mass is 485 g/mol. The molecular weight excluding hydrogens is 469 g/mol. The van der Waals surface area contributed by atoms with Crippen LogP contribution in [0.2, 0.25) is 10.0 Å². The molecule has 1 aromatic carbocycles. The predicted octanol–water partition coefficient (Wildman–Crippen LogP) is 5.89. The Labute approximate surface area is 165 Å². The van der Waals surface area contributed by atoms with Crippen LogP contribution in [0.4, 0.5) is 0 Å². The van der Waals surface area contributed by atoms with Crippen LogP contribution in [-0.2, 0) is 4.74 Å². The first kappa shape index (κ1) is 21.0. The third-order valence-corrected chi connectivity index (χ3v) is 5.27. The lowest BCUT2D eigenvalue weighted by Gasteiger charge is -2.37. The molecule has 2 rings (SSSR count). The van der Waals surface area contributed by atoms with Crippen LogP contribution in [0.3, 0.4) is 0 Å². The van der Waals surface area contributed by atoms with Crippen molar-refractivity contribution in [1.82, 2.24) is 5.32 Å². The van der Waals surface area contributed by atoms with Crippen LogP contribution in [0.5, 0.6) is 0 Å². The third-order valence-electron chi connectivity index (χ3n) is 4.11. The van der Waals surface area contributed by atoms with Crippen molar-refractivity contribution in [3.8, 4) is 0 Å². The second-order valence-corrected chi connectivity index (χ2v) is 6.66. The Hall–Kier alpha value is -0.0700. The molecule has 1 fully saturated rings. The summed E-state index contributed by atoms with van der Waals surface area (Å²) in [5.41, 5.74) is 0.0801. The molecule has 1 aliphatic carbocycles. The minimum absolute atomic E-state index is 0. The Morgan fingerprint density at radius 1 is 1.26 bits per heavy atom. The highest BCUT2D eigenvalue weighted by Gasteiger charge is 2.37. The van der Waals surface area contributed by atoms with Gasteiger partial charge < -0.3 is 10.1 Å². The fourth-order valence-corrected chi connectivity index (χ4v) is 3.61. The second kappa shape index (κ2) is 9.42. The maximum Gasteiger partial charge on any atom is 0.343 e. The number of esters is 1. The molecule has 3 nitrogen and oxygen atoms in total. The number of likely N-dealkylation sites (N-methyl/N-ethyl adjacent to an activating group) is 1. The SMILES string of the molecule is Br.CNC1(C(=CBr)OC(=O)c2ccc(Cl)c(Cl)c2)CCCCC1. The van der Waals surface area contributed by atoms with Crippen LogP contribution in [0.25, 0.3) is 0 Å². The van der Waals surface area contributed by atoms with E-state index in [1.165, 1.54) is 12.5 Å². The molecule has 0 amide bonds. The first-order valence-electron chi connectivity index (χ1n) is 7.19. The quantitative estimate of drug-likeness (QED) is 0.425. The molecule has 0 aliphatic heterocycles. The summed E-state index contributed by atoms with van der Waals surface area (Å²) < 4.78 is 5.63. The van der Waals surface area contributed by atoms with Gasteiger partial charge >= 0.3 is 5.97 Å². The Balaban J connectivity index is 0.00000264. The van der Waals surface area contributed by atoms with Crippen LogP contribution in [0, 0.1) is 0 Å². The van der Waals surface area contributed by atoms with Crippen LogP contribution in [-0.4, -0.2) is 18.6 Å². The molecule has 0 saturated heterocycles. The first-order valence-corrected chi connectivity index (χ1v) is 8.86. The van der Waals surface area contributed by atoms with Crippen LogP contribution in [0.15, 0.2) is 28.9 Å². The second-order valence-electron chi connectivity index (χ2n) is 5.38. The molecule has 1 aromatic rings. The maximum atomic E-state index is 12.4. The molecule has 0 unspecified atom stereocenters. The minimum Gasteiger partial charge on any atom is -0.425 e. The number of halogens is 4. The van der Waals surface area contributed by atoms with Crippen molar-refractivity contribution in [2.45, 2.75) is 37.6 Å². The third kappa shape index (κ3) is 4.95. The fraction of sp³-hybridized carbons (Fsp3) is 0.438. The van der Waals surface area contributed by atoms with Gasteiger partial charge in [0.05, 0.1) is 21.1 Å². The molecule has 0 spiro atoms. The number of hydrogen-bond donors (Lipinski definition) is 1. The fourth-order valence-electron chi connectivity index (χ4n) is 2.78. The molecule has 23 heavy (non-hydrogen) atoms. The smallest absolute Gasteiger partial charge is 0.343 e. The van der Waals surface area contributed by atoms with Crippen molar-refractivity contribution in [1.29, 1.82) is 0 Å². The molecule has 0 atom stereocenters. The van der Waals surface area contributed by atoms with Gasteiger partial charge in [0.1, 0.15) is 5.76 Å². The summed E-state index contributed by atoms with van der Waals surface area (Å²) in [7, 11) is 1.90. The van der Waals surface area contributed by atoms with E-state index in [0.717, 1.165) is 25.7 Å². The highest BCUT2D eigenvalue weighted by molar-refractivity contribution is 9.11. The summed E-state index contributed by atoms with van der Waals surface area (Å²) in [6.07, 6.45) is 5.30. The first-order chi connectivity index (χ1) is 10.5. The number of nitrogens with one attached hydrogen (secondary N) is 1. The van der Waals surface area contributed by atoms with Gasteiger partial charge in [0.25, 0.3) is 0 Å². The Kier molecular flexibility index (Phi) is 8.59. The standard InChI is InChI=1S/C16H18BrCl2NO2.BrH/c1-20-16(7-3-2-4-8-16)14(10-17)22-15(21)11-5-6-12(18)13(19)9-11;/h5-6,9-10,20H,2-4,7-8H2,1H3;1H. The molecule has 0 heterocycles. The van der Waals surface area contributed by atoms with E-state index >= 15 is 0 Å². The zero-order valence-corrected chi connectivity index (χ0v) is 17.5. The molecule has 0 aromatic heterocycles. The van der Waals surface area contributed by atoms with Gasteiger partial charge in [-0.1, -0.05) is 58.4 Å². The summed E-state index contributed by atoms with van der Waals surface area (Å²) in [5, 5.41) is 4.07. The molecule has 0 bridgehead atoms. The van der Waals surface area contributed by atoms with Crippen molar-refractivity contribution < 1.29 is 9.53 Å². The largest absolute Gasteiger partial charge is 0.425 e. The van der Waals surface area contributed by atoms with E-state index in [-0.39, 0.29) is 22.5 Å². The van der Waals surface area contributed by atoms with Gasteiger partial charge in [-0.2, -0.15) is 0 Å². The van der Waals surface area contributed by atoms with E-state index in [1.54, 1.807) is 17.1 Å². The van der Waals surface area contributed by atoms with Gasteiger partial charge in [-0.3, -0.25) is 0 Å². The lowest BCUT2D eigenvalue weighted by molar-refractivity contribution is 0.0535. The number of hydrogen-bond acceptors (Lipinski definition) is 3. The Morgan fingerprint density at radius 2 is 1.91 bits per heavy atom. The van der Waals surface area contributed by atoms with Gasteiger partial charge in [-0.15, -0.1) is 17.0 Å². The Bertz CT molecular complexity index is 587. The predicted molar refractivity (Wildman–Crippen MR) is 104 cm³/mol. The number of benzene rings is 1. The van der Waals surface area contributed by atoms with Crippen molar-refractivity contribution in [3.63, 3.8) is 0 Å². The average Bonchev–Trinajstić information content (AvgIpc) is 2.55. The summed E-state index contributed by atoms with van der Waals surface area (Å²) >= 11 is 15.2. The summed E-state index contributed by atoms with van der Waals surface area (Å²) in [6, 6.07) is 4.72. The highest BCUT2D eigenvalue weighted by atomic mass is 79.9. The van der Waals surface area contributed by atoms with E-state index < -0.39 is 5.97 Å². The summed E-state index contributed by atoms with van der Waals surface area (Å²) in [4.78, 5) is 14.0. The van der Waals surface area contributed by atoms with Crippen LogP contribution < -0.4 is 5.32 Å². The van der Waals surface area contributed by atoms with Crippen molar-refractivity contribution in [2.75, 3.05) is 7.05 Å². The van der Waals surface area contributed by atoms with E-state index in [2.05, 4.69) is 21.2 Å². The van der Waals surface area contributed by atoms with Crippen molar-refractivity contribution in [2.24, 2.45) is 0 Å². The number of carbonyl (C=O) groups excluding carboxylic acids is 1. The van der Waals surface area contributed by atoms with E-state index in [1.807, 2.05) is 7.05 Å². The van der Waals surface area contributed by atoms with Gasteiger partial charge in [0, 0.05) is 4.99 Å². The molecule has 128 valence electrons. The highest BCUT2D eigenvalue weighted by Crippen LogP contribution is 2.35. The Morgan fingerprint density at radius 3 is 2.43 bits per heavy atom. The van der Waals surface area contributed by atoms with Gasteiger partial charge in [-0.25, -0.2) is 4.79 Å². The summed E-state index contributed by atoms with van der Waals surface area (Å²) in [6.45, 7) is 0. The molecule has 1 N–H and O–H groups in total. The van der Waals surface area contributed by atoms with Gasteiger partial charge in [-0.05, 0) is 38.1 Å². The van der Waals surface area contributed by atoms with Crippen LogP contribution in [0.1, 0.15) is 42.5 Å². The lowest BCUT2D eigenvalue weighted by Crippen LogP contribution is -2.47. The van der Waals surface area contributed by atoms with Gasteiger partial charge in [0.15, 0.2) is 0 Å². The molecule has 0 radical (unpaired) electrons. The normalized spacial score (nSPS) is 17.3. The topological polar surface area (TPSA) is 38.3 Å². The number of ether oxygens (including phenoxy) is 1. The van der Waals surface area contributed by atoms with Crippen LogP contribution >= 0.6 is 56.1 Å². The van der Waals surface area contributed by atoms with E-state index in [4.69, 9.17) is 27.9 Å². The number of carbonyl (C=O) groups is 1. The van der Waals surface area contributed by atoms with E-state index in [0.29, 0.717) is 21.4 Å². The maximum absolute atomic E-state index is 12.4. The number of rotatable bonds is 4.